The van der Waals surface area contributed by atoms with Crippen LogP contribution < -0.4 is 4.90 Å². The Morgan fingerprint density at radius 1 is 1.48 bits per heavy atom. The number of aryl methyl sites for hydroxylation is 2. The van der Waals surface area contributed by atoms with Crippen LogP contribution >= 0.6 is 0 Å². The monoisotopic (exact) mass is 303 g/mol. The molecule has 1 atom stereocenters. The minimum atomic E-state index is -4.79. The van der Waals surface area contributed by atoms with Crippen LogP contribution in [0.5, 0.6) is 0 Å². The normalized spacial score (nSPS) is 22.6. The molecule has 1 aromatic heterocycles. The molecule has 116 valence electrons. The first kappa shape index (κ1) is 15.5. The molecule has 0 saturated carbocycles. The summed E-state index contributed by atoms with van der Waals surface area (Å²) < 4.78 is 39.4. The molecule has 21 heavy (non-hydrogen) atoms. The predicted octanol–water partition coefficient (Wildman–Crippen LogP) is 2.19. The van der Waals surface area contributed by atoms with Crippen LogP contribution in [0.15, 0.2) is 6.07 Å². The molecule has 0 aliphatic carbocycles. The van der Waals surface area contributed by atoms with Gasteiger partial charge in [-0.1, -0.05) is 6.92 Å². The molecule has 1 saturated heterocycles. The first-order valence-corrected chi connectivity index (χ1v) is 6.59. The van der Waals surface area contributed by atoms with Crippen LogP contribution in [-0.4, -0.2) is 40.3 Å². The van der Waals surface area contributed by atoms with Crippen molar-refractivity contribution >= 4 is 11.8 Å². The Labute approximate surface area is 119 Å². The zero-order valence-electron chi connectivity index (χ0n) is 11.7. The highest BCUT2D eigenvalue weighted by Crippen LogP contribution is 2.46. The van der Waals surface area contributed by atoms with Crippen molar-refractivity contribution in [1.82, 2.24) is 9.97 Å². The SMILES string of the molecule is CCc1cc(N2CCC(C(=O)O)(C(F)(F)F)C2)nc(C)n1. The van der Waals surface area contributed by atoms with Crippen LogP contribution in [0.3, 0.4) is 0 Å². The Kier molecular flexibility index (Phi) is 3.81. The largest absolute Gasteiger partial charge is 0.481 e. The number of halogens is 3. The maximum atomic E-state index is 13.1. The van der Waals surface area contributed by atoms with E-state index >= 15 is 0 Å². The van der Waals surface area contributed by atoms with E-state index in [2.05, 4.69) is 9.97 Å². The third-order valence-electron chi connectivity index (χ3n) is 3.78. The molecule has 1 aromatic rings. The van der Waals surface area contributed by atoms with Crippen molar-refractivity contribution in [3.63, 3.8) is 0 Å². The number of nitrogens with zero attached hydrogens (tertiary/aromatic N) is 3. The second-order valence-corrected chi connectivity index (χ2v) is 5.17. The van der Waals surface area contributed by atoms with Crippen molar-refractivity contribution in [3.8, 4) is 0 Å². The van der Waals surface area contributed by atoms with E-state index in [1.807, 2.05) is 6.92 Å². The zero-order chi connectivity index (χ0) is 15.8. The number of carboxylic acids is 1. The topological polar surface area (TPSA) is 66.3 Å². The molecular weight excluding hydrogens is 287 g/mol. The first-order valence-electron chi connectivity index (χ1n) is 6.59. The van der Waals surface area contributed by atoms with Gasteiger partial charge in [-0.25, -0.2) is 9.97 Å². The number of aliphatic carboxylic acids is 1. The molecule has 1 aliphatic rings. The molecule has 0 bridgehead atoms. The van der Waals surface area contributed by atoms with E-state index in [4.69, 9.17) is 5.11 Å². The van der Waals surface area contributed by atoms with Gasteiger partial charge in [0.15, 0.2) is 5.41 Å². The smallest absolute Gasteiger partial charge is 0.406 e. The highest BCUT2D eigenvalue weighted by Gasteiger charge is 2.63. The molecule has 0 aromatic carbocycles. The van der Waals surface area contributed by atoms with Crippen LogP contribution in [0.4, 0.5) is 19.0 Å². The lowest BCUT2D eigenvalue weighted by Gasteiger charge is -2.27. The van der Waals surface area contributed by atoms with E-state index in [0.717, 1.165) is 5.69 Å². The molecule has 8 heteroatoms. The summed E-state index contributed by atoms with van der Waals surface area (Å²) in [5.41, 5.74) is -2.00. The minimum absolute atomic E-state index is 0.00537. The lowest BCUT2D eigenvalue weighted by Crippen LogP contribution is -2.47. The second kappa shape index (κ2) is 5.16. The number of carboxylic acid groups (broad SMARTS) is 1. The van der Waals surface area contributed by atoms with Crippen molar-refractivity contribution in [2.24, 2.45) is 5.41 Å². The summed E-state index contributed by atoms with van der Waals surface area (Å²) in [7, 11) is 0. The van der Waals surface area contributed by atoms with Gasteiger partial charge in [0, 0.05) is 24.8 Å². The Morgan fingerprint density at radius 2 is 2.14 bits per heavy atom. The average Bonchev–Trinajstić information content (AvgIpc) is 2.83. The molecule has 2 rings (SSSR count). The van der Waals surface area contributed by atoms with E-state index in [-0.39, 0.29) is 6.54 Å². The van der Waals surface area contributed by atoms with Crippen molar-refractivity contribution in [3.05, 3.63) is 17.6 Å². The summed E-state index contributed by atoms with van der Waals surface area (Å²) in [6, 6.07) is 1.61. The molecule has 1 fully saturated rings. The maximum Gasteiger partial charge on any atom is 0.406 e. The van der Waals surface area contributed by atoms with Gasteiger partial charge >= 0.3 is 12.1 Å². The van der Waals surface area contributed by atoms with Crippen LogP contribution in [0.2, 0.25) is 0 Å². The van der Waals surface area contributed by atoms with Gasteiger partial charge in [-0.15, -0.1) is 0 Å². The van der Waals surface area contributed by atoms with Gasteiger partial charge in [-0.2, -0.15) is 13.2 Å². The van der Waals surface area contributed by atoms with Crippen LogP contribution in [0.1, 0.15) is 24.9 Å². The summed E-state index contributed by atoms with van der Waals surface area (Å²) in [5.74, 6) is -1.02. The third kappa shape index (κ3) is 2.66. The third-order valence-corrected chi connectivity index (χ3v) is 3.78. The van der Waals surface area contributed by atoms with Gasteiger partial charge < -0.3 is 10.0 Å². The Hall–Kier alpha value is -1.86. The lowest BCUT2D eigenvalue weighted by molar-refractivity contribution is -0.225. The van der Waals surface area contributed by atoms with Gasteiger partial charge in [0.2, 0.25) is 0 Å². The van der Waals surface area contributed by atoms with E-state index in [1.165, 1.54) is 4.90 Å². The van der Waals surface area contributed by atoms with Gasteiger partial charge in [-0.3, -0.25) is 4.79 Å². The molecule has 1 unspecified atom stereocenters. The van der Waals surface area contributed by atoms with Crippen LogP contribution in [0.25, 0.3) is 0 Å². The molecule has 1 N–H and O–H groups in total. The number of aromatic nitrogens is 2. The number of carbonyl (C=O) groups is 1. The minimum Gasteiger partial charge on any atom is -0.481 e. The Balaban J connectivity index is 2.34. The maximum absolute atomic E-state index is 13.1. The fourth-order valence-electron chi connectivity index (χ4n) is 2.49. The number of anilines is 1. The lowest BCUT2D eigenvalue weighted by atomic mass is 9.86. The molecule has 0 radical (unpaired) electrons. The van der Waals surface area contributed by atoms with Gasteiger partial charge in [-0.05, 0) is 19.8 Å². The van der Waals surface area contributed by atoms with Crippen LogP contribution in [-0.2, 0) is 11.2 Å². The Morgan fingerprint density at radius 3 is 2.62 bits per heavy atom. The summed E-state index contributed by atoms with van der Waals surface area (Å²) in [6.07, 6.45) is -4.63. The van der Waals surface area contributed by atoms with Gasteiger partial charge in [0.1, 0.15) is 11.6 Å². The van der Waals surface area contributed by atoms with Crippen molar-refractivity contribution in [2.45, 2.75) is 32.9 Å². The van der Waals surface area contributed by atoms with Gasteiger partial charge in [0.05, 0.1) is 0 Å². The van der Waals surface area contributed by atoms with Crippen molar-refractivity contribution in [2.75, 3.05) is 18.0 Å². The fourth-order valence-corrected chi connectivity index (χ4v) is 2.49. The first-order chi connectivity index (χ1) is 9.69. The molecular formula is C13H16F3N3O2. The second-order valence-electron chi connectivity index (χ2n) is 5.17. The van der Waals surface area contributed by atoms with Crippen molar-refractivity contribution in [1.29, 1.82) is 0 Å². The van der Waals surface area contributed by atoms with E-state index < -0.39 is 30.5 Å². The highest BCUT2D eigenvalue weighted by atomic mass is 19.4. The Bertz CT molecular complexity index is 562. The predicted molar refractivity (Wildman–Crippen MR) is 69.1 cm³/mol. The quantitative estimate of drug-likeness (QED) is 0.927. The number of rotatable bonds is 3. The van der Waals surface area contributed by atoms with Crippen LogP contribution in [0, 0.1) is 12.3 Å². The van der Waals surface area contributed by atoms with E-state index in [9.17, 15) is 18.0 Å². The number of hydrogen-bond acceptors (Lipinski definition) is 4. The highest BCUT2D eigenvalue weighted by molar-refractivity contribution is 5.77. The van der Waals surface area contributed by atoms with E-state index in [0.29, 0.717) is 18.1 Å². The molecule has 0 amide bonds. The van der Waals surface area contributed by atoms with Crippen molar-refractivity contribution < 1.29 is 23.1 Å². The molecule has 5 nitrogen and oxygen atoms in total. The number of hydrogen-bond donors (Lipinski definition) is 1. The fraction of sp³-hybridized carbons (Fsp3) is 0.615. The summed E-state index contributed by atoms with van der Waals surface area (Å²) in [4.78, 5) is 20.8. The summed E-state index contributed by atoms with van der Waals surface area (Å²) >= 11 is 0. The average molecular weight is 303 g/mol. The van der Waals surface area contributed by atoms with Gasteiger partial charge in [0.25, 0.3) is 0 Å². The molecule has 0 spiro atoms. The standard InChI is InChI=1S/C13H16F3N3O2/c1-3-9-6-10(18-8(2)17-9)19-5-4-12(7-19,11(20)21)13(14,15)16/h6H,3-5,7H2,1-2H3,(H,20,21). The zero-order valence-corrected chi connectivity index (χ0v) is 11.7. The van der Waals surface area contributed by atoms with E-state index in [1.54, 1.807) is 13.0 Å². The molecule has 1 aliphatic heterocycles. The summed E-state index contributed by atoms with van der Waals surface area (Å²) in [6.45, 7) is 2.93. The summed E-state index contributed by atoms with van der Waals surface area (Å²) in [5, 5.41) is 9.04. The molecule has 2 heterocycles. The number of alkyl halides is 3.